The molecule has 0 aromatic rings. The Hall–Kier alpha value is -0.710. The Bertz CT molecular complexity index is 347. The number of rotatable bonds is 6. The molecule has 0 N–H and O–H groups in total. The maximum absolute atomic E-state index is 13.1. The van der Waals surface area contributed by atoms with Crippen LogP contribution in [0.3, 0.4) is 0 Å². The fourth-order valence-corrected chi connectivity index (χ4v) is 1.56. The summed E-state index contributed by atoms with van der Waals surface area (Å²) in [5.41, 5.74) is 0. The summed E-state index contributed by atoms with van der Waals surface area (Å²) in [7, 11) is 0. The predicted octanol–water partition coefficient (Wildman–Crippen LogP) is 4.00. The van der Waals surface area contributed by atoms with Gasteiger partial charge in [0.2, 0.25) is 0 Å². The fraction of sp³-hybridized carbons (Fsp3) is 1.00. The van der Waals surface area contributed by atoms with Gasteiger partial charge >= 0.3 is 23.9 Å². The Morgan fingerprint density at radius 3 is 1.90 bits per heavy atom. The van der Waals surface area contributed by atoms with Crippen molar-refractivity contribution in [2.24, 2.45) is 0 Å². The lowest BCUT2D eigenvalue weighted by Crippen LogP contribution is -2.61. The minimum atomic E-state index is -6.85. The highest BCUT2D eigenvalue weighted by molar-refractivity contribution is 5.00. The van der Waals surface area contributed by atoms with E-state index < -0.39 is 43.3 Å². The second-order valence-corrected chi connectivity index (χ2v) is 4.41. The Kier molecular flexibility index (Phi) is 5.09. The molecule has 0 aliphatic carbocycles. The van der Waals surface area contributed by atoms with Gasteiger partial charge < -0.3 is 9.47 Å². The lowest BCUT2D eigenvalue weighted by Gasteiger charge is -2.33. The average molecular weight is 334 g/mol. The zero-order chi connectivity index (χ0) is 16.5. The van der Waals surface area contributed by atoms with Gasteiger partial charge in [-0.2, -0.15) is 39.5 Å². The molecule has 0 amide bonds. The molecule has 21 heavy (non-hydrogen) atoms. The lowest BCUT2D eigenvalue weighted by atomic mass is 10.0. The van der Waals surface area contributed by atoms with Gasteiger partial charge in [-0.1, -0.05) is 0 Å². The van der Waals surface area contributed by atoms with Gasteiger partial charge in [0.1, 0.15) is 0 Å². The van der Waals surface area contributed by atoms with E-state index in [9.17, 15) is 39.5 Å². The Morgan fingerprint density at radius 1 is 0.905 bits per heavy atom. The van der Waals surface area contributed by atoms with E-state index in [1.165, 1.54) is 0 Å². The van der Waals surface area contributed by atoms with Gasteiger partial charge in [-0.3, -0.25) is 0 Å². The van der Waals surface area contributed by atoms with Crippen LogP contribution >= 0.6 is 0 Å². The molecular weight excluding hydrogens is 323 g/mol. The highest BCUT2D eigenvalue weighted by atomic mass is 19.4. The molecule has 1 saturated heterocycles. The molecule has 126 valence electrons. The Balaban J connectivity index is 2.69. The molecule has 1 fully saturated rings. The first-order valence-corrected chi connectivity index (χ1v) is 5.76. The van der Waals surface area contributed by atoms with Crippen molar-refractivity contribution < 1.29 is 49.0 Å². The molecule has 0 aromatic heterocycles. The highest BCUT2D eigenvalue weighted by Crippen LogP contribution is 2.53. The summed E-state index contributed by atoms with van der Waals surface area (Å²) in [5.74, 6) is -19.0. The van der Waals surface area contributed by atoms with E-state index in [1.54, 1.807) is 0 Å². The van der Waals surface area contributed by atoms with E-state index in [-0.39, 0.29) is 6.61 Å². The maximum atomic E-state index is 13.1. The smallest absolute Gasteiger partial charge is 0.353 e. The SMILES string of the molecule is FC(F)(F)C(F)(F)C(F)(F)C(F)(F)CCOC1CCCO1. The second-order valence-electron chi connectivity index (χ2n) is 4.41. The van der Waals surface area contributed by atoms with Gasteiger partial charge in [0.05, 0.1) is 6.61 Å². The summed E-state index contributed by atoms with van der Waals surface area (Å²) in [6.07, 6.45) is -8.91. The van der Waals surface area contributed by atoms with Crippen LogP contribution in [0.5, 0.6) is 0 Å². The minimum Gasteiger partial charge on any atom is -0.353 e. The first kappa shape index (κ1) is 18.3. The summed E-state index contributed by atoms with van der Waals surface area (Å²) in [4.78, 5) is 0. The third-order valence-corrected chi connectivity index (χ3v) is 2.82. The van der Waals surface area contributed by atoms with E-state index >= 15 is 0 Å². The molecule has 1 aliphatic heterocycles. The van der Waals surface area contributed by atoms with Crippen molar-refractivity contribution in [3.05, 3.63) is 0 Å². The zero-order valence-corrected chi connectivity index (χ0v) is 10.3. The lowest BCUT2D eigenvalue weighted by molar-refractivity contribution is -0.397. The number of alkyl halides is 9. The molecule has 2 nitrogen and oxygen atoms in total. The summed E-state index contributed by atoms with van der Waals surface area (Å²) < 4.78 is 122. The zero-order valence-electron chi connectivity index (χ0n) is 10.3. The van der Waals surface area contributed by atoms with Gasteiger partial charge in [0, 0.05) is 19.4 Å². The van der Waals surface area contributed by atoms with E-state index in [2.05, 4.69) is 4.74 Å². The van der Waals surface area contributed by atoms with Crippen molar-refractivity contribution >= 4 is 0 Å². The highest BCUT2D eigenvalue weighted by Gasteiger charge is 2.81. The molecule has 0 radical (unpaired) electrons. The average Bonchev–Trinajstić information content (AvgIpc) is 2.79. The van der Waals surface area contributed by atoms with Crippen LogP contribution in [0.4, 0.5) is 39.5 Å². The molecule has 0 spiro atoms. The Labute approximate surface area is 113 Å². The number of hydrogen-bond acceptors (Lipinski definition) is 2. The molecule has 0 bridgehead atoms. The van der Waals surface area contributed by atoms with Crippen molar-refractivity contribution in [1.82, 2.24) is 0 Å². The van der Waals surface area contributed by atoms with Crippen LogP contribution in [-0.2, 0) is 9.47 Å². The molecule has 1 unspecified atom stereocenters. The van der Waals surface area contributed by atoms with Crippen LogP contribution in [0, 0.1) is 0 Å². The van der Waals surface area contributed by atoms with Crippen LogP contribution in [0.1, 0.15) is 19.3 Å². The quantitative estimate of drug-likeness (QED) is 0.684. The molecule has 1 aliphatic rings. The van der Waals surface area contributed by atoms with Crippen molar-refractivity contribution in [2.45, 2.75) is 49.5 Å². The van der Waals surface area contributed by atoms with Crippen LogP contribution in [-0.4, -0.2) is 43.4 Å². The fourth-order valence-electron chi connectivity index (χ4n) is 1.56. The van der Waals surface area contributed by atoms with E-state index in [1.807, 2.05) is 0 Å². The topological polar surface area (TPSA) is 18.5 Å². The molecule has 1 atom stereocenters. The monoisotopic (exact) mass is 334 g/mol. The van der Waals surface area contributed by atoms with Gasteiger partial charge in [-0.15, -0.1) is 0 Å². The van der Waals surface area contributed by atoms with Gasteiger partial charge in [-0.25, -0.2) is 0 Å². The number of ether oxygens (including phenoxy) is 2. The second kappa shape index (κ2) is 5.82. The van der Waals surface area contributed by atoms with E-state index in [4.69, 9.17) is 4.74 Å². The van der Waals surface area contributed by atoms with Crippen molar-refractivity contribution in [3.8, 4) is 0 Å². The third kappa shape index (κ3) is 3.55. The molecule has 0 saturated carbocycles. The van der Waals surface area contributed by atoms with Crippen molar-refractivity contribution in [2.75, 3.05) is 13.2 Å². The summed E-state index contributed by atoms with van der Waals surface area (Å²) in [6.45, 7) is -0.884. The number of halogens is 9. The largest absolute Gasteiger partial charge is 0.460 e. The Morgan fingerprint density at radius 2 is 1.48 bits per heavy atom. The van der Waals surface area contributed by atoms with Crippen LogP contribution < -0.4 is 0 Å². The summed E-state index contributed by atoms with van der Waals surface area (Å²) in [6, 6.07) is 0. The van der Waals surface area contributed by atoms with Gasteiger partial charge in [-0.05, 0) is 6.42 Å². The van der Waals surface area contributed by atoms with Crippen LogP contribution in [0.25, 0.3) is 0 Å². The third-order valence-electron chi connectivity index (χ3n) is 2.82. The van der Waals surface area contributed by atoms with Crippen molar-refractivity contribution in [3.63, 3.8) is 0 Å². The summed E-state index contributed by atoms with van der Waals surface area (Å²) >= 11 is 0. The molecule has 1 heterocycles. The van der Waals surface area contributed by atoms with E-state index in [0.717, 1.165) is 0 Å². The maximum Gasteiger partial charge on any atom is 0.460 e. The molecular formula is C10H11F9O2. The molecule has 1 rings (SSSR count). The predicted molar refractivity (Wildman–Crippen MR) is 50.4 cm³/mol. The van der Waals surface area contributed by atoms with Crippen LogP contribution in [0.2, 0.25) is 0 Å². The first-order chi connectivity index (χ1) is 9.33. The molecule has 0 aromatic carbocycles. The van der Waals surface area contributed by atoms with E-state index in [0.29, 0.717) is 12.8 Å². The molecule has 11 heteroatoms. The standard InChI is InChI=1S/C10H11F9O2/c11-7(12,3-5-21-6-2-1-4-20-6)8(13,14)9(15,16)10(17,18)19/h6H,1-5H2. The van der Waals surface area contributed by atoms with Gasteiger partial charge in [0.15, 0.2) is 6.29 Å². The number of hydrogen-bond donors (Lipinski definition) is 0. The first-order valence-electron chi connectivity index (χ1n) is 5.76. The van der Waals surface area contributed by atoms with Crippen molar-refractivity contribution in [1.29, 1.82) is 0 Å². The van der Waals surface area contributed by atoms with Gasteiger partial charge in [0.25, 0.3) is 0 Å². The normalized spacial score (nSPS) is 21.9. The van der Waals surface area contributed by atoms with Crippen LogP contribution in [0.15, 0.2) is 0 Å². The summed E-state index contributed by atoms with van der Waals surface area (Å²) in [5, 5.41) is 0. The minimum absolute atomic E-state index is 0.253.